The first-order chi connectivity index (χ1) is 8.18. The minimum absolute atomic E-state index is 0.112. The van der Waals surface area contributed by atoms with E-state index < -0.39 is 5.91 Å². The van der Waals surface area contributed by atoms with Gasteiger partial charge in [-0.25, -0.2) is 0 Å². The van der Waals surface area contributed by atoms with Crippen molar-refractivity contribution in [2.24, 2.45) is 5.73 Å². The predicted octanol–water partition coefficient (Wildman–Crippen LogP) is 0.397. The maximum absolute atomic E-state index is 12.1. The lowest BCUT2D eigenvalue weighted by molar-refractivity contribution is -0.118. The van der Waals surface area contributed by atoms with Crippen molar-refractivity contribution in [2.75, 3.05) is 19.7 Å². The second-order valence-corrected chi connectivity index (χ2v) is 3.85. The second-order valence-electron chi connectivity index (χ2n) is 3.85. The quantitative estimate of drug-likeness (QED) is 0.822. The first-order valence-corrected chi connectivity index (χ1v) is 5.48. The van der Waals surface area contributed by atoms with E-state index in [0.29, 0.717) is 31.0 Å². The zero-order chi connectivity index (χ0) is 12.3. The predicted molar refractivity (Wildman–Crippen MR) is 61.7 cm³/mol. The number of nitrogens with two attached hydrogens (primary N) is 1. The van der Waals surface area contributed by atoms with Crippen LogP contribution in [-0.2, 0) is 4.79 Å². The molecule has 1 aromatic carbocycles. The molecule has 17 heavy (non-hydrogen) atoms. The van der Waals surface area contributed by atoms with E-state index in [1.165, 1.54) is 0 Å². The monoisotopic (exact) mass is 234 g/mol. The van der Waals surface area contributed by atoms with E-state index in [-0.39, 0.29) is 12.3 Å². The average molecular weight is 234 g/mol. The van der Waals surface area contributed by atoms with E-state index in [1.54, 1.807) is 23.1 Å². The van der Waals surface area contributed by atoms with Crippen LogP contribution < -0.4 is 10.5 Å². The minimum Gasteiger partial charge on any atom is -0.491 e. The van der Waals surface area contributed by atoms with Crippen LogP contribution in [0.25, 0.3) is 0 Å². The molecule has 0 aromatic heterocycles. The number of hydrogen-bond donors (Lipinski definition) is 1. The van der Waals surface area contributed by atoms with Crippen molar-refractivity contribution in [1.29, 1.82) is 0 Å². The summed E-state index contributed by atoms with van der Waals surface area (Å²) in [5, 5.41) is 0. The van der Waals surface area contributed by atoms with Crippen molar-refractivity contribution < 1.29 is 14.3 Å². The molecule has 1 aromatic rings. The Labute approximate surface area is 99.2 Å². The van der Waals surface area contributed by atoms with Gasteiger partial charge in [-0.1, -0.05) is 12.1 Å². The van der Waals surface area contributed by atoms with Gasteiger partial charge in [-0.15, -0.1) is 0 Å². The maximum Gasteiger partial charge on any atom is 0.257 e. The molecule has 2 N–H and O–H groups in total. The van der Waals surface area contributed by atoms with Crippen LogP contribution in [0.3, 0.4) is 0 Å². The van der Waals surface area contributed by atoms with Crippen molar-refractivity contribution in [3.05, 3.63) is 29.8 Å². The van der Waals surface area contributed by atoms with E-state index in [4.69, 9.17) is 10.5 Å². The Kier molecular flexibility index (Phi) is 3.27. The lowest BCUT2D eigenvalue weighted by Gasteiger charge is -2.18. The van der Waals surface area contributed by atoms with Gasteiger partial charge in [0.05, 0.1) is 12.1 Å². The molecular formula is C12H14N2O3. The SMILES string of the molecule is NC(=O)CCN1CCOc2ccccc2C1=O. The number of rotatable bonds is 3. The fourth-order valence-electron chi connectivity index (χ4n) is 1.77. The standard InChI is InChI=1S/C12H14N2O3/c13-11(15)5-6-14-7-8-17-10-4-2-1-3-9(10)12(14)16/h1-4H,5-8H2,(H2,13,15). The van der Waals surface area contributed by atoms with Crippen molar-refractivity contribution in [1.82, 2.24) is 4.90 Å². The van der Waals surface area contributed by atoms with E-state index in [1.807, 2.05) is 6.07 Å². The smallest absolute Gasteiger partial charge is 0.257 e. The molecule has 2 rings (SSSR count). The first-order valence-electron chi connectivity index (χ1n) is 5.48. The molecule has 1 aliphatic rings. The highest BCUT2D eigenvalue weighted by Gasteiger charge is 2.22. The summed E-state index contributed by atoms with van der Waals surface area (Å²) in [4.78, 5) is 24.5. The Morgan fingerprint density at radius 3 is 2.94 bits per heavy atom. The van der Waals surface area contributed by atoms with Gasteiger partial charge in [-0.05, 0) is 12.1 Å². The van der Waals surface area contributed by atoms with Crippen molar-refractivity contribution in [2.45, 2.75) is 6.42 Å². The number of carbonyl (C=O) groups is 2. The van der Waals surface area contributed by atoms with Crippen LogP contribution in [0.2, 0.25) is 0 Å². The zero-order valence-corrected chi connectivity index (χ0v) is 9.39. The molecule has 1 aliphatic heterocycles. The Bertz CT molecular complexity index is 445. The summed E-state index contributed by atoms with van der Waals surface area (Å²) >= 11 is 0. The highest BCUT2D eigenvalue weighted by atomic mass is 16.5. The Morgan fingerprint density at radius 2 is 2.18 bits per heavy atom. The summed E-state index contributed by atoms with van der Waals surface area (Å²) in [6, 6.07) is 7.11. The van der Waals surface area contributed by atoms with Gasteiger partial charge in [0.2, 0.25) is 5.91 Å². The van der Waals surface area contributed by atoms with Gasteiger partial charge in [-0.3, -0.25) is 9.59 Å². The lowest BCUT2D eigenvalue weighted by atomic mass is 10.1. The highest BCUT2D eigenvalue weighted by Crippen LogP contribution is 2.22. The van der Waals surface area contributed by atoms with E-state index in [0.717, 1.165) is 0 Å². The summed E-state index contributed by atoms with van der Waals surface area (Å²) in [5.41, 5.74) is 5.62. The molecule has 0 fully saturated rings. The van der Waals surface area contributed by atoms with Crippen molar-refractivity contribution in [3.63, 3.8) is 0 Å². The summed E-state index contributed by atoms with van der Waals surface area (Å²) in [6.07, 6.45) is 0.175. The van der Waals surface area contributed by atoms with E-state index >= 15 is 0 Å². The normalized spacial score (nSPS) is 14.8. The van der Waals surface area contributed by atoms with Gasteiger partial charge < -0.3 is 15.4 Å². The first kappa shape index (κ1) is 11.4. The number of carbonyl (C=O) groups excluding carboxylic acids is 2. The van der Waals surface area contributed by atoms with E-state index in [2.05, 4.69) is 0 Å². The van der Waals surface area contributed by atoms with Crippen LogP contribution in [0.4, 0.5) is 0 Å². The number of nitrogens with zero attached hydrogens (tertiary/aromatic N) is 1. The molecular weight excluding hydrogens is 220 g/mol. The Morgan fingerprint density at radius 1 is 1.41 bits per heavy atom. The molecule has 0 spiro atoms. The van der Waals surface area contributed by atoms with Crippen molar-refractivity contribution >= 4 is 11.8 Å². The molecule has 1 heterocycles. The minimum atomic E-state index is -0.406. The molecule has 2 amide bonds. The van der Waals surface area contributed by atoms with Gasteiger partial charge in [-0.2, -0.15) is 0 Å². The number of amides is 2. The number of para-hydroxylation sites is 1. The average Bonchev–Trinajstić information content (AvgIpc) is 2.47. The highest BCUT2D eigenvalue weighted by molar-refractivity contribution is 5.97. The van der Waals surface area contributed by atoms with Gasteiger partial charge in [0, 0.05) is 13.0 Å². The van der Waals surface area contributed by atoms with E-state index in [9.17, 15) is 9.59 Å². The summed E-state index contributed by atoms with van der Waals surface area (Å²) in [7, 11) is 0. The summed E-state index contributed by atoms with van der Waals surface area (Å²) in [5.74, 6) is 0.0784. The maximum atomic E-state index is 12.1. The van der Waals surface area contributed by atoms with Gasteiger partial charge in [0.15, 0.2) is 0 Å². The number of benzene rings is 1. The number of hydrogen-bond acceptors (Lipinski definition) is 3. The van der Waals surface area contributed by atoms with Gasteiger partial charge in [0.1, 0.15) is 12.4 Å². The van der Waals surface area contributed by atoms with Crippen LogP contribution in [-0.4, -0.2) is 36.4 Å². The molecule has 0 saturated heterocycles. The summed E-state index contributed by atoms with van der Waals surface area (Å²) in [6.45, 7) is 1.24. The third-order valence-electron chi connectivity index (χ3n) is 2.65. The van der Waals surface area contributed by atoms with Crippen molar-refractivity contribution in [3.8, 4) is 5.75 Å². The van der Waals surface area contributed by atoms with Crippen LogP contribution in [0.5, 0.6) is 5.75 Å². The van der Waals surface area contributed by atoms with Gasteiger partial charge >= 0.3 is 0 Å². The fraction of sp³-hybridized carbons (Fsp3) is 0.333. The molecule has 0 unspecified atom stereocenters. The lowest BCUT2D eigenvalue weighted by Crippen LogP contribution is -2.35. The number of fused-ring (bicyclic) bond motifs is 1. The van der Waals surface area contributed by atoms with Crippen LogP contribution in [0, 0.1) is 0 Å². The molecule has 0 aliphatic carbocycles. The Balaban J connectivity index is 2.17. The molecule has 0 saturated carbocycles. The van der Waals surface area contributed by atoms with Crippen LogP contribution in [0.15, 0.2) is 24.3 Å². The Hall–Kier alpha value is -2.04. The third kappa shape index (κ3) is 2.55. The molecule has 5 heteroatoms. The van der Waals surface area contributed by atoms with Crippen LogP contribution >= 0.6 is 0 Å². The third-order valence-corrected chi connectivity index (χ3v) is 2.65. The summed E-state index contributed by atoms with van der Waals surface area (Å²) < 4.78 is 5.48. The fourth-order valence-corrected chi connectivity index (χ4v) is 1.77. The molecule has 90 valence electrons. The molecule has 0 atom stereocenters. The zero-order valence-electron chi connectivity index (χ0n) is 9.39. The molecule has 0 radical (unpaired) electrons. The molecule has 0 bridgehead atoms. The molecule has 5 nitrogen and oxygen atoms in total. The second kappa shape index (κ2) is 4.86. The van der Waals surface area contributed by atoms with Crippen LogP contribution in [0.1, 0.15) is 16.8 Å². The number of ether oxygens (including phenoxy) is 1. The number of primary amides is 1. The van der Waals surface area contributed by atoms with Gasteiger partial charge in [0.25, 0.3) is 5.91 Å². The largest absolute Gasteiger partial charge is 0.491 e. The topological polar surface area (TPSA) is 72.6 Å².